The van der Waals surface area contributed by atoms with Crippen LogP contribution in [-0.2, 0) is 14.3 Å². The van der Waals surface area contributed by atoms with Crippen molar-refractivity contribution in [3.63, 3.8) is 0 Å². The molecular weight excluding hydrogens is 450 g/mol. The number of carbonyl (C=O) groups is 1. The maximum absolute atomic E-state index is 13.2. The van der Waals surface area contributed by atoms with Crippen molar-refractivity contribution in [2.24, 2.45) is 0 Å². The first-order valence-electron chi connectivity index (χ1n) is 12.2. The number of benzene rings is 2. The highest BCUT2D eigenvalue weighted by molar-refractivity contribution is 5.77. The fourth-order valence-corrected chi connectivity index (χ4v) is 5.08. The number of likely N-dealkylation sites (tertiary alicyclic amines) is 1. The van der Waals surface area contributed by atoms with Crippen molar-refractivity contribution in [1.82, 2.24) is 9.80 Å². The lowest BCUT2D eigenvalue weighted by Gasteiger charge is -2.43. The van der Waals surface area contributed by atoms with E-state index in [0.717, 1.165) is 49.2 Å². The van der Waals surface area contributed by atoms with Gasteiger partial charge in [0.2, 0.25) is 0 Å². The Kier molecular flexibility index (Phi) is 8.00. The summed E-state index contributed by atoms with van der Waals surface area (Å²) in [7, 11) is 1.62. The van der Waals surface area contributed by atoms with Gasteiger partial charge in [0.15, 0.2) is 0 Å². The maximum Gasteiger partial charge on any atom is 0.326 e. The number of rotatable bonds is 8. The van der Waals surface area contributed by atoms with Crippen molar-refractivity contribution in [2.75, 3.05) is 26.8 Å². The van der Waals surface area contributed by atoms with Gasteiger partial charge in [-0.1, -0.05) is 18.6 Å². The molecule has 2 saturated heterocycles. The van der Waals surface area contributed by atoms with Crippen LogP contribution in [0.3, 0.4) is 0 Å². The van der Waals surface area contributed by atoms with Crippen molar-refractivity contribution in [3.05, 3.63) is 69.8 Å². The van der Waals surface area contributed by atoms with Gasteiger partial charge in [-0.2, -0.15) is 0 Å². The lowest BCUT2D eigenvalue weighted by Crippen LogP contribution is -2.51. The average molecular weight is 484 g/mol. The summed E-state index contributed by atoms with van der Waals surface area (Å²) in [6.45, 7) is 5.67. The van der Waals surface area contributed by atoms with E-state index in [9.17, 15) is 14.9 Å². The van der Waals surface area contributed by atoms with Gasteiger partial charge in [-0.15, -0.1) is 0 Å². The fourth-order valence-electron chi connectivity index (χ4n) is 5.08. The number of esters is 1. The van der Waals surface area contributed by atoms with Gasteiger partial charge in [0, 0.05) is 12.1 Å². The minimum absolute atomic E-state index is 0.0332. The van der Waals surface area contributed by atoms with E-state index in [4.69, 9.17) is 14.2 Å². The molecule has 4 unspecified atom stereocenters. The minimum Gasteiger partial charge on any atom is -0.497 e. The summed E-state index contributed by atoms with van der Waals surface area (Å²) in [5.41, 5.74) is 1.81. The highest BCUT2D eigenvalue weighted by Crippen LogP contribution is 2.44. The van der Waals surface area contributed by atoms with Crippen molar-refractivity contribution < 1.29 is 23.9 Å². The van der Waals surface area contributed by atoms with E-state index in [2.05, 4.69) is 9.80 Å². The summed E-state index contributed by atoms with van der Waals surface area (Å²) in [5, 5.41) is 11.3. The van der Waals surface area contributed by atoms with Crippen molar-refractivity contribution in [3.8, 4) is 5.75 Å². The van der Waals surface area contributed by atoms with Gasteiger partial charge in [0.05, 0.1) is 30.9 Å². The first-order chi connectivity index (χ1) is 16.9. The second-order valence-corrected chi connectivity index (χ2v) is 8.93. The number of nitro groups is 1. The third-order valence-corrected chi connectivity index (χ3v) is 6.73. The van der Waals surface area contributed by atoms with Gasteiger partial charge in [-0.25, -0.2) is 4.90 Å². The molecule has 0 N–H and O–H groups in total. The Labute approximate surface area is 205 Å². The molecule has 0 aromatic heterocycles. The molecule has 188 valence electrons. The molecule has 0 saturated carbocycles. The zero-order valence-corrected chi connectivity index (χ0v) is 20.5. The monoisotopic (exact) mass is 483 g/mol. The second kappa shape index (κ2) is 11.2. The molecule has 0 aliphatic carbocycles. The van der Waals surface area contributed by atoms with Crippen LogP contribution in [0.25, 0.3) is 0 Å². The molecule has 0 radical (unpaired) electrons. The fraction of sp³-hybridized carbons (Fsp3) is 0.500. The number of piperidine rings is 1. The molecule has 9 nitrogen and oxygen atoms in total. The first-order valence-corrected chi connectivity index (χ1v) is 12.2. The van der Waals surface area contributed by atoms with Crippen LogP contribution in [0.1, 0.15) is 56.6 Å². The topological polar surface area (TPSA) is 94.4 Å². The van der Waals surface area contributed by atoms with Gasteiger partial charge < -0.3 is 14.2 Å². The summed E-state index contributed by atoms with van der Waals surface area (Å²) in [6.07, 6.45) is 2.01. The molecule has 4 atom stereocenters. The van der Waals surface area contributed by atoms with Crippen LogP contribution in [0.4, 0.5) is 5.69 Å². The van der Waals surface area contributed by atoms with Crippen LogP contribution in [-0.4, -0.2) is 59.6 Å². The molecule has 2 fully saturated rings. The number of hydrogen-bond donors (Lipinski definition) is 0. The lowest BCUT2D eigenvalue weighted by molar-refractivity contribution is -0.384. The number of methoxy groups -OCH3 is 1. The summed E-state index contributed by atoms with van der Waals surface area (Å²) in [5.74, 6) is 0.399. The van der Waals surface area contributed by atoms with Gasteiger partial charge in [-0.05, 0) is 75.2 Å². The van der Waals surface area contributed by atoms with Crippen molar-refractivity contribution in [1.29, 1.82) is 0 Å². The van der Waals surface area contributed by atoms with Crippen LogP contribution in [0.15, 0.2) is 48.5 Å². The van der Waals surface area contributed by atoms with Crippen LogP contribution in [0, 0.1) is 10.1 Å². The van der Waals surface area contributed by atoms with Gasteiger partial charge in [-0.3, -0.25) is 19.8 Å². The van der Waals surface area contributed by atoms with Gasteiger partial charge in [0.1, 0.15) is 18.0 Å². The predicted octanol–water partition coefficient (Wildman–Crippen LogP) is 4.44. The predicted molar refractivity (Wildman–Crippen MR) is 130 cm³/mol. The number of hydrogen-bond acceptors (Lipinski definition) is 8. The molecule has 2 heterocycles. The van der Waals surface area contributed by atoms with E-state index in [1.54, 1.807) is 26.2 Å². The zero-order chi connectivity index (χ0) is 24.9. The molecule has 0 bridgehead atoms. The van der Waals surface area contributed by atoms with E-state index in [1.807, 2.05) is 31.2 Å². The average Bonchev–Trinajstić information content (AvgIpc) is 3.22. The van der Waals surface area contributed by atoms with Gasteiger partial charge in [0.25, 0.3) is 5.69 Å². The lowest BCUT2D eigenvalue weighted by atomic mass is 10.0. The molecule has 0 amide bonds. The van der Waals surface area contributed by atoms with Crippen molar-refractivity contribution in [2.45, 2.75) is 57.6 Å². The first kappa shape index (κ1) is 25.1. The third-order valence-electron chi connectivity index (χ3n) is 6.73. The minimum atomic E-state index is -0.635. The Bertz CT molecular complexity index is 1010. The molecule has 2 aliphatic rings. The highest BCUT2D eigenvalue weighted by atomic mass is 16.6. The van der Waals surface area contributed by atoms with Crippen molar-refractivity contribution >= 4 is 11.7 Å². The van der Waals surface area contributed by atoms with E-state index < -0.39 is 23.3 Å². The molecular formula is C26H33N3O6. The zero-order valence-electron chi connectivity index (χ0n) is 20.5. The Balaban J connectivity index is 1.81. The van der Waals surface area contributed by atoms with Gasteiger partial charge >= 0.3 is 5.97 Å². The Morgan fingerprint density at radius 3 is 2.34 bits per heavy atom. The van der Waals surface area contributed by atoms with E-state index in [1.165, 1.54) is 12.1 Å². The molecule has 35 heavy (non-hydrogen) atoms. The summed E-state index contributed by atoms with van der Waals surface area (Å²) in [6, 6.07) is 13.6. The van der Waals surface area contributed by atoms with E-state index in [-0.39, 0.29) is 24.4 Å². The summed E-state index contributed by atoms with van der Waals surface area (Å²) < 4.78 is 17.2. The number of nitro benzene ring substituents is 1. The highest BCUT2D eigenvalue weighted by Gasteiger charge is 2.50. The van der Waals surface area contributed by atoms with E-state index in [0.29, 0.717) is 0 Å². The largest absolute Gasteiger partial charge is 0.497 e. The third kappa shape index (κ3) is 5.32. The molecule has 2 aliphatic heterocycles. The number of carbonyl (C=O) groups excluding carboxylic acids is 1. The van der Waals surface area contributed by atoms with Crippen LogP contribution >= 0.6 is 0 Å². The summed E-state index contributed by atoms with van der Waals surface area (Å²) >= 11 is 0. The molecule has 4 rings (SSSR count). The Morgan fingerprint density at radius 2 is 1.77 bits per heavy atom. The Morgan fingerprint density at radius 1 is 1.11 bits per heavy atom. The Hall–Kier alpha value is -3.01. The SMILES string of the molecule is CCOC(=O)C1C(C)OC(c2ccc(OC)cc2)N1C(c1ccc([N+](=O)[O-])cc1)N1CCCCC1. The normalized spacial score (nSPS) is 24.1. The molecule has 2 aromatic carbocycles. The van der Waals surface area contributed by atoms with Crippen LogP contribution < -0.4 is 4.74 Å². The van der Waals surface area contributed by atoms with Crippen LogP contribution in [0.2, 0.25) is 0 Å². The quantitative estimate of drug-likeness (QED) is 0.309. The van der Waals surface area contributed by atoms with E-state index >= 15 is 0 Å². The summed E-state index contributed by atoms with van der Waals surface area (Å²) in [4.78, 5) is 28.5. The standard InChI is InChI=1S/C26H33N3O6/c1-4-34-26(30)23-18(2)35-25(20-10-14-22(33-3)15-11-20)28(23)24(27-16-6-5-7-17-27)19-8-12-21(13-9-19)29(31)32/h8-15,18,23-25H,4-7,16-17H2,1-3H3. The number of non-ortho nitro benzene ring substituents is 1. The van der Waals surface area contributed by atoms with Crippen LogP contribution in [0.5, 0.6) is 5.75 Å². The molecule has 9 heteroatoms. The number of nitrogens with zero attached hydrogens (tertiary/aromatic N) is 3. The molecule has 0 spiro atoms. The maximum atomic E-state index is 13.2. The number of ether oxygens (including phenoxy) is 3. The smallest absolute Gasteiger partial charge is 0.326 e. The molecule has 2 aromatic rings. The second-order valence-electron chi connectivity index (χ2n) is 8.93.